The van der Waals surface area contributed by atoms with Gasteiger partial charge in [-0.2, -0.15) is 4.39 Å². The third-order valence-corrected chi connectivity index (χ3v) is 2.56. The number of hydrogen-bond donors (Lipinski definition) is 2. The minimum absolute atomic E-state index is 0.105. The number of benzene rings is 2. The van der Waals surface area contributed by atoms with E-state index in [1.165, 1.54) is 24.3 Å². The number of nitrogens with zero attached hydrogens (tertiary/aromatic N) is 1. The Hall–Kier alpha value is -2.63. The number of para-hydroxylation sites is 1. The summed E-state index contributed by atoms with van der Waals surface area (Å²) in [5, 5.41) is 22.9. The third kappa shape index (κ3) is 2.98. The Morgan fingerprint density at radius 3 is 2.68 bits per heavy atom. The van der Waals surface area contributed by atoms with Crippen molar-refractivity contribution in [3.8, 4) is 5.75 Å². The Morgan fingerprint density at radius 2 is 2.00 bits per heavy atom. The number of rotatable bonds is 4. The number of halogens is 1. The lowest BCUT2D eigenvalue weighted by Gasteiger charge is -2.07. The van der Waals surface area contributed by atoms with Gasteiger partial charge in [0.25, 0.3) is 0 Å². The van der Waals surface area contributed by atoms with E-state index in [0.717, 1.165) is 11.6 Å². The smallest absolute Gasteiger partial charge is 0.327 e. The van der Waals surface area contributed by atoms with Crippen molar-refractivity contribution in [1.29, 1.82) is 0 Å². The van der Waals surface area contributed by atoms with Crippen LogP contribution in [0.15, 0.2) is 42.5 Å². The van der Waals surface area contributed by atoms with Gasteiger partial charge < -0.3 is 10.4 Å². The maximum absolute atomic E-state index is 13.4. The van der Waals surface area contributed by atoms with E-state index in [-0.39, 0.29) is 18.0 Å². The summed E-state index contributed by atoms with van der Waals surface area (Å²) in [6.07, 6.45) is 0. The Labute approximate surface area is 108 Å². The molecular weight excluding hydrogens is 251 g/mol. The highest BCUT2D eigenvalue weighted by Crippen LogP contribution is 2.27. The van der Waals surface area contributed by atoms with Gasteiger partial charge in [-0.25, -0.2) is 0 Å². The fourth-order valence-corrected chi connectivity index (χ4v) is 1.71. The summed E-state index contributed by atoms with van der Waals surface area (Å²) < 4.78 is 13.4. The number of anilines is 1. The van der Waals surface area contributed by atoms with Crippen LogP contribution in [0.1, 0.15) is 5.56 Å². The molecule has 0 spiro atoms. The van der Waals surface area contributed by atoms with E-state index in [4.69, 9.17) is 0 Å². The monoisotopic (exact) mass is 262 g/mol. The van der Waals surface area contributed by atoms with Crippen LogP contribution in [-0.4, -0.2) is 10.0 Å². The molecule has 0 aliphatic rings. The molecule has 0 heterocycles. The van der Waals surface area contributed by atoms with E-state index in [0.29, 0.717) is 0 Å². The SMILES string of the molecule is O=[N+]([O-])c1c(F)cccc1NCc1cccc(O)c1. The molecule has 0 radical (unpaired) electrons. The van der Waals surface area contributed by atoms with Crippen molar-refractivity contribution in [1.82, 2.24) is 0 Å². The summed E-state index contributed by atoms with van der Waals surface area (Å²) in [6.45, 7) is 0.249. The Morgan fingerprint density at radius 1 is 1.26 bits per heavy atom. The van der Waals surface area contributed by atoms with Crippen LogP contribution in [-0.2, 0) is 6.54 Å². The van der Waals surface area contributed by atoms with Crippen molar-refractivity contribution in [3.63, 3.8) is 0 Å². The molecule has 2 aromatic carbocycles. The predicted molar refractivity (Wildman–Crippen MR) is 68.5 cm³/mol. The van der Waals surface area contributed by atoms with Crippen molar-refractivity contribution < 1.29 is 14.4 Å². The van der Waals surface area contributed by atoms with Gasteiger partial charge in [-0.15, -0.1) is 0 Å². The highest BCUT2D eigenvalue weighted by molar-refractivity contribution is 5.62. The highest BCUT2D eigenvalue weighted by Gasteiger charge is 2.19. The van der Waals surface area contributed by atoms with Gasteiger partial charge in [-0.1, -0.05) is 18.2 Å². The summed E-state index contributed by atoms with van der Waals surface area (Å²) in [6, 6.07) is 10.3. The van der Waals surface area contributed by atoms with E-state index in [1.807, 2.05) is 0 Å². The number of nitrogens with one attached hydrogen (secondary N) is 1. The zero-order valence-electron chi connectivity index (χ0n) is 9.84. The molecule has 0 atom stereocenters. The molecule has 0 saturated carbocycles. The average Bonchev–Trinajstić information content (AvgIpc) is 2.36. The van der Waals surface area contributed by atoms with E-state index >= 15 is 0 Å². The van der Waals surface area contributed by atoms with E-state index < -0.39 is 16.4 Å². The van der Waals surface area contributed by atoms with Crippen molar-refractivity contribution in [3.05, 3.63) is 64.0 Å². The van der Waals surface area contributed by atoms with E-state index in [2.05, 4.69) is 5.32 Å². The van der Waals surface area contributed by atoms with Crippen LogP contribution in [0.3, 0.4) is 0 Å². The maximum Gasteiger partial charge on any atom is 0.327 e. The molecular formula is C13H11FN2O3. The summed E-state index contributed by atoms with van der Waals surface area (Å²) in [5.74, 6) is -0.779. The fourth-order valence-electron chi connectivity index (χ4n) is 1.71. The predicted octanol–water partition coefficient (Wildman–Crippen LogP) is 3.05. The molecule has 19 heavy (non-hydrogen) atoms. The molecule has 0 aromatic heterocycles. The Balaban J connectivity index is 2.20. The standard InChI is InChI=1S/C13H11FN2O3/c14-11-5-2-6-12(13(11)16(18)19)15-8-9-3-1-4-10(17)7-9/h1-7,15,17H,8H2. The van der Waals surface area contributed by atoms with E-state index in [9.17, 15) is 19.6 Å². The van der Waals surface area contributed by atoms with Crippen molar-refractivity contribution >= 4 is 11.4 Å². The van der Waals surface area contributed by atoms with Crippen LogP contribution in [0.25, 0.3) is 0 Å². The van der Waals surface area contributed by atoms with Crippen LogP contribution >= 0.6 is 0 Å². The van der Waals surface area contributed by atoms with Gasteiger partial charge >= 0.3 is 5.69 Å². The minimum Gasteiger partial charge on any atom is -0.508 e. The first kappa shape index (κ1) is 12.8. The summed E-state index contributed by atoms with van der Waals surface area (Å²) in [4.78, 5) is 10.0. The molecule has 2 N–H and O–H groups in total. The number of aromatic hydroxyl groups is 1. The fraction of sp³-hybridized carbons (Fsp3) is 0.0769. The van der Waals surface area contributed by atoms with Crippen molar-refractivity contribution in [2.75, 3.05) is 5.32 Å². The second-order valence-corrected chi connectivity index (χ2v) is 3.92. The van der Waals surface area contributed by atoms with Gasteiger partial charge in [0.05, 0.1) is 4.92 Å². The van der Waals surface area contributed by atoms with Gasteiger partial charge in [0.15, 0.2) is 0 Å². The van der Waals surface area contributed by atoms with Gasteiger partial charge in [0.2, 0.25) is 5.82 Å². The van der Waals surface area contributed by atoms with Gasteiger partial charge in [0, 0.05) is 6.54 Å². The lowest BCUT2D eigenvalue weighted by atomic mass is 10.2. The first-order chi connectivity index (χ1) is 9.08. The lowest BCUT2D eigenvalue weighted by molar-refractivity contribution is -0.386. The van der Waals surface area contributed by atoms with Crippen LogP contribution < -0.4 is 5.32 Å². The average molecular weight is 262 g/mol. The molecule has 0 bridgehead atoms. The number of hydrogen-bond acceptors (Lipinski definition) is 4. The number of phenolic OH excluding ortho intramolecular Hbond substituents is 1. The molecule has 2 aromatic rings. The second kappa shape index (κ2) is 5.34. The summed E-state index contributed by atoms with van der Waals surface area (Å²) >= 11 is 0. The number of nitro benzene ring substituents is 1. The molecule has 6 heteroatoms. The first-order valence-corrected chi connectivity index (χ1v) is 5.52. The van der Waals surface area contributed by atoms with Crippen LogP contribution in [0.2, 0.25) is 0 Å². The molecule has 0 aliphatic heterocycles. The quantitative estimate of drug-likeness (QED) is 0.656. The van der Waals surface area contributed by atoms with Gasteiger partial charge in [-0.05, 0) is 29.8 Å². The minimum atomic E-state index is -0.883. The first-order valence-electron chi connectivity index (χ1n) is 5.52. The lowest BCUT2D eigenvalue weighted by Crippen LogP contribution is -2.04. The Kier molecular flexibility index (Phi) is 3.61. The zero-order chi connectivity index (χ0) is 13.8. The number of phenols is 1. The van der Waals surface area contributed by atoms with Crippen LogP contribution in [0.4, 0.5) is 15.8 Å². The molecule has 0 amide bonds. The molecule has 0 aliphatic carbocycles. The van der Waals surface area contributed by atoms with E-state index in [1.54, 1.807) is 12.1 Å². The number of nitro groups is 1. The molecule has 2 rings (SSSR count). The largest absolute Gasteiger partial charge is 0.508 e. The summed E-state index contributed by atoms with van der Waals surface area (Å²) in [7, 11) is 0. The van der Waals surface area contributed by atoms with Crippen LogP contribution in [0.5, 0.6) is 5.75 Å². The molecule has 0 fully saturated rings. The molecule has 0 unspecified atom stereocenters. The third-order valence-electron chi connectivity index (χ3n) is 2.56. The summed E-state index contributed by atoms with van der Waals surface area (Å²) in [5.41, 5.74) is 0.259. The zero-order valence-corrected chi connectivity index (χ0v) is 9.84. The maximum atomic E-state index is 13.4. The normalized spacial score (nSPS) is 10.2. The van der Waals surface area contributed by atoms with Gasteiger partial charge in [-0.3, -0.25) is 10.1 Å². The Bertz CT molecular complexity index is 617. The van der Waals surface area contributed by atoms with Crippen molar-refractivity contribution in [2.45, 2.75) is 6.54 Å². The highest BCUT2D eigenvalue weighted by atomic mass is 19.1. The molecule has 0 saturated heterocycles. The second-order valence-electron chi connectivity index (χ2n) is 3.92. The molecule has 5 nitrogen and oxygen atoms in total. The van der Waals surface area contributed by atoms with Crippen molar-refractivity contribution in [2.24, 2.45) is 0 Å². The molecule has 98 valence electrons. The van der Waals surface area contributed by atoms with Crippen LogP contribution in [0, 0.1) is 15.9 Å². The van der Waals surface area contributed by atoms with Gasteiger partial charge in [0.1, 0.15) is 11.4 Å². The topological polar surface area (TPSA) is 75.4 Å².